The minimum absolute atomic E-state index is 0.0699. The lowest BCUT2D eigenvalue weighted by atomic mass is 10.0. The fourth-order valence-corrected chi connectivity index (χ4v) is 9.40. The maximum Gasteiger partial charge on any atom is 0.220 e. The van der Waals surface area contributed by atoms with E-state index >= 15 is 0 Å². The largest absolute Gasteiger partial charge is 0.394 e. The first-order chi connectivity index (χ1) is 35.2. The van der Waals surface area contributed by atoms with E-state index in [1.54, 1.807) is 6.08 Å². The van der Waals surface area contributed by atoms with Gasteiger partial charge in [0, 0.05) is 6.42 Å². The number of carbonyl (C=O) groups is 1. The molecule has 0 aliphatic rings. The van der Waals surface area contributed by atoms with Crippen LogP contribution in [0.2, 0.25) is 0 Å². The standard InChI is InChI=1S/C67H121NO3/c1-3-5-7-9-11-13-15-17-19-21-23-24-25-26-27-28-29-30-31-32-33-34-35-36-37-38-39-40-41-42-43-44-45-47-49-51-53-55-57-59-61-63-67(71)68-65(64-69)66(70)62-60-58-56-54-52-50-48-46-22-20-18-16-14-12-10-8-6-4-2/h5,7,11,13,17,19,23-24,26-27,52,54,60,62,65-66,69-70H,3-4,6,8-10,12,14-16,18,20-22,25,28-51,53,55-59,61,63-64H2,1-2H3,(H,68,71)/b7-5-,13-11-,19-17-,24-23-,27-26-,54-52+,62-60+. The van der Waals surface area contributed by atoms with Crippen molar-refractivity contribution in [1.29, 1.82) is 0 Å². The molecule has 1 amide bonds. The molecule has 3 N–H and O–H groups in total. The monoisotopic (exact) mass is 988 g/mol. The van der Waals surface area contributed by atoms with Gasteiger partial charge < -0.3 is 15.5 Å². The summed E-state index contributed by atoms with van der Waals surface area (Å²) < 4.78 is 0. The minimum Gasteiger partial charge on any atom is -0.394 e. The third-order valence-corrected chi connectivity index (χ3v) is 14.1. The van der Waals surface area contributed by atoms with Crippen LogP contribution in [0.25, 0.3) is 0 Å². The second-order valence-electron chi connectivity index (χ2n) is 21.1. The van der Waals surface area contributed by atoms with Gasteiger partial charge in [0.25, 0.3) is 0 Å². The molecular formula is C67H121NO3. The highest BCUT2D eigenvalue weighted by molar-refractivity contribution is 5.76. The average molecular weight is 989 g/mol. The zero-order valence-electron chi connectivity index (χ0n) is 47.5. The van der Waals surface area contributed by atoms with Gasteiger partial charge in [0.05, 0.1) is 18.8 Å². The van der Waals surface area contributed by atoms with Crippen molar-refractivity contribution >= 4 is 5.91 Å². The van der Waals surface area contributed by atoms with Crippen LogP contribution in [-0.4, -0.2) is 34.9 Å². The van der Waals surface area contributed by atoms with Crippen molar-refractivity contribution in [3.8, 4) is 0 Å². The average Bonchev–Trinajstić information content (AvgIpc) is 3.37. The van der Waals surface area contributed by atoms with Gasteiger partial charge in [0.15, 0.2) is 0 Å². The van der Waals surface area contributed by atoms with Crippen molar-refractivity contribution in [3.05, 3.63) is 85.1 Å². The molecular weight excluding hydrogens is 867 g/mol. The molecule has 71 heavy (non-hydrogen) atoms. The number of nitrogens with one attached hydrogen (secondary N) is 1. The van der Waals surface area contributed by atoms with Crippen LogP contribution in [0.4, 0.5) is 0 Å². The lowest BCUT2D eigenvalue weighted by Gasteiger charge is -2.19. The maximum absolute atomic E-state index is 12.5. The Morgan fingerprint density at radius 1 is 0.352 bits per heavy atom. The fourth-order valence-electron chi connectivity index (χ4n) is 9.40. The summed E-state index contributed by atoms with van der Waals surface area (Å²) in [5.41, 5.74) is 0. The van der Waals surface area contributed by atoms with Crippen molar-refractivity contribution in [2.45, 2.75) is 328 Å². The molecule has 0 bridgehead atoms. The fraction of sp³-hybridized carbons (Fsp3) is 0.776. The number of aliphatic hydroxyl groups excluding tert-OH is 2. The number of unbranched alkanes of at least 4 members (excludes halogenated alkanes) is 38. The first-order valence-corrected chi connectivity index (χ1v) is 31.3. The molecule has 0 spiro atoms. The number of hydrogen-bond acceptors (Lipinski definition) is 3. The van der Waals surface area contributed by atoms with Crippen LogP contribution in [-0.2, 0) is 4.79 Å². The predicted octanol–water partition coefficient (Wildman–Crippen LogP) is 21.1. The van der Waals surface area contributed by atoms with Gasteiger partial charge in [-0.2, -0.15) is 0 Å². The normalized spacial score (nSPS) is 13.4. The summed E-state index contributed by atoms with van der Waals surface area (Å²) >= 11 is 0. The van der Waals surface area contributed by atoms with Crippen LogP contribution in [0.15, 0.2) is 85.1 Å². The molecule has 0 aliphatic heterocycles. The molecule has 0 fully saturated rings. The third-order valence-electron chi connectivity index (χ3n) is 14.1. The second-order valence-corrected chi connectivity index (χ2v) is 21.1. The molecule has 4 nitrogen and oxygen atoms in total. The Morgan fingerprint density at radius 2 is 0.634 bits per heavy atom. The quantitative estimate of drug-likeness (QED) is 0.0420. The smallest absolute Gasteiger partial charge is 0.220 e. The molecule has 0 saturated carbocycles. The topological polar surface area (TPSA) is 69.6 Å². The Labute approximate surface area is 443 Å². The number of carbonyl (C=O) groups excluding carboxylic acids is 1. The first kappa shape index (κ1) is 68.6. The van der Waals surface area contributed by atoms with Crippen LogP contribution in [0.5, 0.6) is 0 Å². The van der Waals surface area contributed by atoms with Gasteiger partial charge in [-0.05, 0) is 77.0 Å². The molecule has 0 aromatic rings. The Morgan fingerprint density at radius 3 is 0.986 bits per heavy atom. The van der Waals surface area contributed by atoms with E-state index in [4.69, 9.17) is 0 Å². The molecule has 0 rings (SSSR count). The molecule has 0 heterocycles. The van der Waals surface area contributed by atoms with Gasteiger partial charge in [-0.25, -0.2) is 0 Å². The van der Waals surface area contributed by atoms with Crippen LogP contribution in [0.1, 0.15) is 316 Å². The van der Waals surface area contributed by atoms with E-state index in [0.717, 1.165) is 64.2 Å². The Kier molecular flexibility index (Phi) is 59.8. The van der Waals surface area contributed by atoms with Crippen molar-refractivity contribution in [1.82, 2.24) is 5.32 Å². The van der Waals surface area contributed by atoms with Gasteiger partial charge in [-0.15, -0.1) is 0 Å². The SMILES string of the molecule is CC/C=C\C/C=C\C/C=C\C/C=C\C/C=C\CCCCCCCCCCCCCCCCCCCCCCCCCCCC(=O)NC(CO)C(O)/C=C/CC/C=C/CCCCCCCCCCCCCC. The summed E-state index contributed by atoms with van der Waals surface area (Å²) in [5.74, 6) is -0.0699. The van der Waals surface area contributed by atoms with Gasteiger partial charge in [0.1, 0.15) is 0 Å². The molecule has 0 saturated heterocycles. The Bertz CT molecular complexity index is 1260. The highest BCUT2D eigenvalue weighted by Crippen LogP contribution is 2.17. The number of aliphatic hydroxyl groups is 2. The molecule has 2 atom stereocenters. The first-order valence-electron chi connectivity index (χ1n) is 31.3. The van der Waals surface area contributed by atoms with Crippen molar-refractivity contribution in [2.75, 3.05) is 6.61 Å². The maximum atomic E-state index is 12.5. The van der Waals surface area contributed by atoms with Gasteiger partial charge in [-0.1, -0.05) is 317 Å². The van der Waals surface area contributed by atoms with Crippen molar-refractivity contribution < 1.29 is 15.0 Å². The predicted molar refractivity (Wildman–Crippen MR) is 317 cm³/mol. The summed E-state index contributed by atoms with van der Waals surface area (Å²) in [6.45, 7) is 4.20. The Balaban J connectivity index is 3.44. The van der Waals surface area contributed by atoms with Gasteiger partial charge in [0.2, 0.25) is 5.91 Å². The molecule has 412 valence electrons. The van der Waals surface area contributed by atoms with Crippen LogP contribution >= 0.6 is 0 Å². The van der Waals surface area contributed by atoms with E-state index in [0.29, 0.717) is 6.42 Å². The lowest BCUT2D eigenvalue weighted by molar-refractivity contribution is -0.123. The van der Waals surface area contributed by atoms with E-state index in [-0.39, 0.29) is 12.5 Å². The number of hydrogen-bond donors (Lipinski definition) is 3. The zero-order valence-corrected chi connectivity index (χ0v) is 47.5. The molecule has 0 radical (unpaired) electrons. The minimum atomic E-state index is -0.863. The molecule has 0 aliphatic carbocycles. The number of rotatable bonds is 57. The van der Waals surface area contributed by atoms with E-state index in [2.05, 4.69) is 92.1 Å². The van der Waals surface area contributed by atoms with Gasteiger partial charge in [-0.3, -0.25) is 4.79 Å². The molecule has 4 heteroatoms. The summed E-state index contributed by atoms with van der Waals surface area (Å²) in [6.07, 6.45) is 90.7. The molecule has 0 aromatic heterocycles. The van der Waals surface area contributed by atoms with Crippen LogP contribution in [0, 0.1) is 0 Å². The highest BCUT2D eigenvalue weighted by Gasteiger charge is 2.18. The second kappa shape index (κ2) is 61.9. The Hall–Kier alpha value is -2.43. The molecule has 2 unspecified atom stereocenters. The summed E-state index contributed by atoms with van der Waals surface area (Å²) in [7, 11) is 0. The summed E-state index contributed by atoms with van der Waals surface area (Å²) in [6, 6.07) is -0.640. The highest BCUT2D eigenvalue weighted by atomic mass is 16.3. The van der Waals surface area contributed by atoms with E-state index in [1.807, 2.05) is 6.08 Å². The summed E-state index contributed by atoms with van der Waals surface area (Å²) in [4.78, 5) is 12.5. The van der Waals surface area contributed by atoms with E-state index in [9.17, 15) is 15.0 Å². The molecule has 0 aromatic carbocycles. The number of allylic oxidation sites excluding steroid dienone is 13. The summed E-state index contributed by atoms with van der Waals surface area (Å²) in [5, 5.41) is 23.2. The van der Waals surface area contributed by atoms with Crippen LogP contribution < -0.4 is 5.32 Å². The van der Waals surface area contributed by atoms with Gasteiger partial charge >= 0.3 is 0 Å². The zero-order chi connectivity index (χ0) is 51.3. The number of amides is 1. The van der Waals surface area contributed by atoms with E-state index < -0.39 is 12.1 Å². The van der Waals surface area contributed by atoms with Crippen LogP contribution in [0.3, 0.4) is 0 Å². The van der Waals surface area contributed by atoms with Crippen molar-refractivity contribution in [2.24, 2.45) is 0 Å². The third kappa shape index (κ3) is 58.3. The lowest BCUT2D eigenvalue weighted by Crippen LogP contribution is -2.45. The van der Waals surface area contributed by atoms with E-state index in [1.165, 1.54) is 231 Å². The van der Waals surface area contributed by atoms with Crippen molar-refractivity contribution in [3.63, 3.8) is 0 Å².